The van der Waals surface area contributed by atoms with Crippen molar-refractivity contribution in [1.82, 2.24) is 5.32 Å². The fourth-order valence-electron chi connectivity index (χ4n) is 2.49. The van der Waals surface area contributed by atoms with Gasteiger partial charge in [-0.25, -0.2) is 9.79 Å². The third kappa shape index (κ3) is 4.33. The molecule has 0 aromatic heterocycles. The van der Waals surface area contributed by atoms with Crippen LogP contribution in [0.4, 0.5) is 0 Å². The monoisotopic (exact) mass is 366 g/mol. The SMILES string of the molecule is CC(=O)N[C@H]1[C@H]([C@H](O)[C@H](O)CO)OC(O)(C(=O)O)C(N=C(N)N)[C@@H]1O. The number of hydrogen-bond donors (Lipinski definition) is 9. The van der Waals surface area contributed by atoms with Gasteiger partial charge in [0.15, 0.2) is 5.96 Å². The molecule has 7 atom stereocenters. The maximum Gasteiger partial charge on any atom is 0.366 e. The summed E-state index contributed by atoms with van der Waals surface area (Å²) in [4.78, 5) is 26.2. The molecule has 1 rings (SSSR count). The lowest BCUT2D eigenvalue weighted by molar-refractivity contribution is -0.302. The second kappa shape index (κ2) is 7.90. The molecule has 2 unspecified atom stereocenters. The quantitative estimate of drug-likeness (QED) is 0.158. The summed E-state index contributed by atoms with van der Waals surface area (Å²) < 4.78 is 4.96. The molecule has 1 aliphatic rings. The van der Waals surface area contributed by atoms with Crippen molar-refractivity contribution >= 4 is 17.8 Å². The van der Waals surface area contributed by atoms with E-state index >= 15 is 0 Å². The Bertz CT molecular complexity index is 541. The Morgan fingerprint density at radius 3 is 2.32 bits per heavy atom. The molecule has 1 heterocycles. The summed E-state index contributed by atoms with van der Waals surface area (Å²) in [7, 11) is 0. The Morgan fingerprint density at radius 1 is 1.36 bits per heavy atom. The number of aliphatic hydroxyl groups is 5. The van der Waals surface area contributed by atoms with Crippen LogP contribution in [0.3, 0.4) is 0 Å². The zero-order valence-electron chi connectivity index (χ0n) is 13.2. The van der Waals surface area contributed by atoms with Crippen molar-refractivity contribution in [3.05, 3.63) is 0 Å². The molecule has 11 N–H and O–H groups in total. The lowest BCUT2D eigenvalue weighted by Crippen LogP contribution is -2.73. The molecular formula is C12H22N4O9. The average Bonchev–Trinajstić information content (AvgIpc) is 2.51. The average molecular weight is 366 g/mol. The topological polar surface area (TPSA) is 241 Å². The standard InChI is InChI=1S/C12H22N4O9/c1-3(18)15-5-7(21)9(16-11(13)14)12(24,10(22)23)25-8(5)6(20)4(19)2-17/h4-9,17,19-21,24H,2H2,1H3,(H,15,18)(H,22,23)(H4,13,14,16)/t4-,5-,6-,7-,8-,9?,12?/m1/s1. The number of aliphatic hydroxyl groups excluding tert-OH is 4. The first-order valence-electron chi connectivity index (χ1n) is 7.10. The Balaban J connectivity index is 3.39. The Hall–Kier alpha value is -2.03. The van der Waals surface area contributed by atoms with Gasteiger partial charge in [0.05, 0.1) is 12.6 Å². The largest absolute Gasteiger partial charge is 0.477 e. The van der Waals surface area contributed by atoms with Crippen molar-refractivity contribution in [2.45, 2.75) is 49.2 Å². The van der Waals surface area contributed by atoms with Crippen molar-refractivity contribution in [2.75, 3.05) is 6.61 Å². The molecule has 25 heavy (non-hydrogen) atoms. The predicted octanol–water partition coefficient (Wildman–Crippen LogP) is -5.62. The van der Waals surface area contributed by atoms with Crippen LogP contribution >= 0.6 is 0 Å². The lowest BCUT2D eigenvalue weighted by atomic mass is 9.85. The number of nitrogens with zero attached hydrogens (tertiary/aromatic N) is 1. The summed E-state index contributed by atoms with van der Waals surface area (Å²) in [6.07, 6.45) is -7.52. The molecule has 13 heteroatoms. The van der Waals surface area contributed by atoms with Gasteiger partial charge in [-0.1, -0.05) is 0 Å². The first-order chi connectivity index (χ1) is 11.5. The number of carboxylic acids is 1. The van der Waals surface area contributed by atoms with Crippen molar-refractivity contribution < 1.29 is 45.0 Å². The van der Waals surface area contributed by atoms with Crippen molar-refractivity contribution in [3.8, 4) is 0 Å². The molecule has 0 aliphatic carbocycles. The number of nitrogens with one attached hydrogen (secondary N) is 1. The van der Waals surface area contributed by atoms with Crippen molar-refractivity contribution in [2.24, 2.45) is 16.5 Å². The highest BCUT2D eigenvalue weighted by Crippen LogP contribution is 2.33. The first kappa shape index (κ1) is 21.0. The number of carbonyl (C=O) groups is 2. The predicted molar refractivity (Wildman–Crippen MR) is 79.8 cm³/mol. The minimum Gasteiger partial charge on any atom is -0.477 e. The molecule has 1 saturated heterocycles. The third-order valence-electron chi connectivity index (χ3n) is 3.64. The highest BCUT2D eigenvalue weighted by atomic mass is 16.7. The number of hydrogen-bond acceptors (Lipinski definition) is 9. The second-order valence-electron chi connectivity index (χ2n) is 5.54. The van der Waals surface area contributed by atoms with Gasteiger partial charge in [0.1, 0.15) is 30.5 Å². The summed E-state index contributed by atoms with van der Waals surface area (Å²) >= 11 is 0. The lowest BCUT2D eigenvalue weighted by Gasteiger charge is -2.47. The highest BCUT2D eigenvalue weighted by Gasteiger charge is 2.60. The molecule has 0 aromatic carbocycles. The van der Waals surface area contributed by atoms with Gasteiger partial charge in [0.25, 0.3) is 5.79 Å². The van der Waals surface area contributed by atoms with E-state index in [0.717, 1.165) is 6.92 Å². The zero-order chi connectivity index (χ0) is 19.5. The number of guanidine groups is 1. The number of carboxylic acid groups (broad SMARTS) is 1. The normalized spacial score (nSPS) is 34.6. The van der Waals surface area contributed by atoms with E-state index in [1.165, 1.54) is 0 Å². The molecule has 0 aromatic rings. The van der Waals surface area contributed by atoms with Gasteiger partial charge >= 0.3 is 5.97 Å². The summed E-state index contributed by atoms with van der Waals surface area (Å²) in [6.45, 7) is 0.124. The summed E-state index contributed by atoms with van der Waals surface area (Å²) in [5.74, 6) is -6.55. The van der Waals surface area contributed by atoms with Crippen LogP contribution in [0.15, 0.2) is 4.99 Å². The molecule has 0 radical (unpaired) electrons. The fourth-order valence-corrected chi connectivity index (χ4v) is 2.49. The van der Waals surface area contributed by atoms with Gasteiger partial charge in [0.2, 0.25) is 5.91 Å². The van der Waals surface area contributed by atoms with Crippen LogP contribution in [0.25, 0.3) is 0 Å². The third-order valence-corrected chi connectivity index (χ3v) is 3.64. The first-order valence-corrected chi connectivity index (χ1v) is 7.10. The molecule has 1 fully saturated rings. The number of amides is 1. The van der Waals surface area contributed by atoms with Crippen LogP contribution in [0.2, 0.25) is 0 Å². The molecule has 1 amide bonds. The van der Waals surface area contributed by atoms with Gasteiger partial charge in [0, 0.05) is 6.92 Å². The molecular weight excluding hydrogens is 344 g/mol. The Morgan fingerprint density at radius 2 is 1.92 bits per heavy atom. The van der Waals surface area contributed by atoms with Crippen LogP contribution in [-0.4, -0.2) is 97.4 Å². The van der Waals surface area contributed by atoms with Crippen molar-refractivity contribution in [3.63, 3.8) is 0 Å². The molecule has 0 bridgehead atoms. The van der Waals surface area contributed by atoms with Gasteiger partial charge in [-0.15, -0.1) is 0 Å². The molecule has 13 nitrogen and oxygen atoms in total. The Kier molecular flexibility index (Phi) is 6.64. The van der Waals surface area contributed by atoms with E-state index < -0.39 is 66.7 Å². The van der Waals surface area contributed by atoms with Crippen LogP contribution < -0.4 is 16.8 Å². The number of carbonyl (C=O) groups excluding carboxylic acids is 1. The summed E-state index contributed by atoms with van der Waals surface area (Å²) in [5.41, 5.74) is 10.3. The van der Waals surface area contributed by atoms with E-state index in [0.29, 0.717) is 0 Å². The zero-order valence-corrected chi connectivity index (χ0v) is 13.2. The maximum absolute atomic E-state index is 11.4. The number of aliphatic imine (C=N–C) groups is 1. The van der Waals surface area contributed by atoms with E-state index in [9.17, 15) is 35.1 Å². The number of aliphatic carboxylic acids is 1. The fraction of sp³-hybridized carbons (Fsp3) is 0.750. The van der Waals surface area contributed by atoms with Gasteiger partial charge in [-0.05, 0) is 0 Å². The van der Waals surface area contributed by atoms with E-state index in [2.05, 4.69) is 10.3 Å². The van der Waals surface area contributed by atoms with E-state index in [1.807, 2.05) is 0 Å². The van der Waals surface area contributed by atoms with Crippen LogP contribution in [0, 0.1) is 0 Å². The van der Waals surface area contributed by atoms with Gasteiger partial charge in [-0.2, -0.15) is 0 Å². The molecule has 0 spiro atoms. The molecule has 0 saturated carbocycles. The number of ether oxygens (including phenoxy) is 1. The number of nitrogens with two attached hydrogens (primary N) is 2. The van der Waals surface area contributed by atoms with E-state index in [1.54, 1.807) is 0 Å². The molecule has 1 aliphatic heterocycles. The maximum atomic E-state index is 11.4. The van der Waals surface area contributed by atoms with Crippen LogP contribution in [-0.2, 0) is 14.3 Å². The smallest absolute Gasteiger partial charge is 0.366 e. The van der Waals surface area contributed by atoms with Crippen LogP contribution in [0.5, 0.6) is 0 Å². The molecule has 144 valence electrons. The number of rotatable bonds is 6. The highest BCUT2D eigenvalue weighted by molar-refractivity contribution is 5.80. The van der Waals surface area contributed by atoms with Gasteiger partial charge in [-0.3, -0.25) is 4.79 Å². The minimum atomic E-state index is -3.18. The van der Waals surface area contributed by atoms with Crippen LogP contribution in [0.1, 0.15) is 6.92 Å². The summed E-state index contributed by atoms with van der Waals surface area (Å²) in [5, 5.41) is 60.7. The minimum absolute atomic E-state index is 0.678. The van der Waals surface area contributed by atoms with E-state index in [4.69, 9.17) is 21.3 Å². The van der Waals surface area contributed by atoms with Gasteiger partial charge < -0.3 is 52.2 Å². The van der Waals surface area contributed by atoms with E-state index in [-0.39, 0.29) is 0 Å². The summed E-state index contributed by atoms with van der Waals surface area (Å²) in [6, 6.07) is -3.47. The van der Waals surface area contributed by atoms with Crippen molar-refractivity contribution in [1.29, 1.82) is 0 Å². The second-order valence-corrected chi connectivity index (χ2v) is 5.54. The Labute approximate surface area is 141 Å².